The highest BCUT2D eigenvalue weighted by atomic mass is 16.3. The Balaban J connectivity index is 1.14. The quantitative estimate of drug-likeness (QED) is 0.174. The SMILES string of the molecule is Cc1cc2c(cc1N1c3cc(-c4ccccc4)ccc3[B]c3c(-c4c(Nc5ccc6c(c5)C(C)(C)CCC6(C)C)ccc5c4C(C)(C)c4ccccc4-5)cc4c(oc5ccccc54)c31)C(C)(C)CCC2(C)C. The molecule has 0 saturated heterocycles. The lowest BCUT2D eigenvalue weighted by atomic mass is 9.57. The average molecular weight is 938 g/mol. The number of hydrogen-bond donors (Lipinski definition) is 1. The molecule has 1 aromatic heterocycles. The molecule has 13 rings (SSSR count). The van der Waals surface area contributed by atoms with Crippen molar-refractivity contribution in [2.75, 3.05) is 10.2 Å². The van der Waals surface area contributed by atoms with E-state index in [1.807, 2.05) is 0 Å². The molecule has 0 amide bonds. The van der Waals surface area contributed by atoms with Gasteiger partial charge in [0.15, 0.2) is 12.9 Å². The van der Waals surface area contributed by atoms with Crippen molar-refractivity contribution in [2.45, 2.75) is 129 Å². The monoisotopic (exact) mass is 938 g/mol. The van der Waals surface area contributed by atoms with Gasteiger partial charge in [-0.1, -0.05) is 178 Å². The minimum Gasteiger partial charge on any atom is -0.454 e. The van der Waals surface area contributed by atoms with Gasteiger partial charge in [-0.05, 0) is 169 Å². The lowest BCUT2D eigenvalue weighted by Gasteiger charge is -2.44. The predicted octanol–water partition coefficient (Wildman–Crippen LogP) is 17.4. The Bertz CT molecular complexity index is 3750. The van der Waals surface area contributed by atoms with Gasteiger partial charge in [0.1, 0.15) is 5.58 Å². The van der Waals surface area contributed by atoms with Crippen LogP contribution in [0.2, 0.25) is 0 Å². The van der Waals surface area contributed by atoms with Crippen LogP contribution in [0.5, 0.6) is 0 Å². The van der Waals surface area contributed by atoms with Crippen molar-refractivity contribution >= 4 is 68.6 Å². The second kappa shape index (κ2) is 15.4. The van der Waals surface area contributed by atoms with Crippen molar-refractivity contribution in [1.29, 1.82) is 0 Å². The minimum atomic E-state index is -0.300. The van der Waals surface area contributed by atoms with E-state index >= 15 is 0 Å². The maximum absolute atomic E-state index is 7.27. The van der Waals surface area contributed by atoms with E-state index in [9.17, 15) is 0 Å². The third-order valence-corrected chi connectivity index (χ3v) is 18.1. The molecule has 0 unspecified atom stereocenters. The highest BCUT2D eigenvalue weighted by Crippen LogP contribution is 2.57. The molecule has 1 N–H and O–H groups in total. The smallest absolute Gasteiger partial charge is 0.198 e. The van der Waals surface area contributed by atoms with E-state index in [0.29, 0.717) is 0 Å². The normalized spacial score (nSPS) is 18.1. The fourth-order valence-electron chi connectivity index (χ4n) is 13.7. The molecule has 1 aliphatic heterocycles. The Morgan fingerprint density at radius 3 is 1.90 bits per heavy atom. The van der Waals surface area contributed by atoms with Crippen LogP contribution in [-0.2, 0) is 27.1 Å². The molecular weight excluding hydrogens is 872 g/mol. The van der Waals surface area contributed by atoms with Crippen LogP contribution >= 0.6 is 0 Å². The molecule has 4 aliphatic rings. The van der Waals surface area contributed by atoms with E-state index in [1.54, 1.807) is 0 Å². The number of fused-ring (bicyclic) bond motifs is 11. The summed E-state index contributed by atoms with van der Waals surface area (Å²) in [6.07, 6.45) is 4.65. The van der Waals surface area contributed by atoms with Crippen molar-refractivity contribution in [3.05, 3.63) is 185 Å². The van der Waals surface area contributed by atoms with Crippen LogP contribution in [0.3, 0.4) is 0 Å². The van der Waals surface area contributed by atoms with Crippen molar-refractivity contribution in [3.8, 4) is 33.4 Å². The molecule has 0 fully saturated rings. The molecule has 2 heterocycles. The molecule has 3 nitrogen and oxygen atoms in total. The van der Waals surface area contributed by atoms with Crippen molar-refractivity contribution in [2.24, 2.45) is 0 Å². The maximum Gasteiger partial charge on any atom is 0.198 e. The van der Waals surface area contributed by atoms with Gasteiger partial charge in [0.2, 0.25) is 0 Å². The Labute approximate surface area is 428 Å². The zero-order valence-corrected chi connectivity index (χ0v) is 44.1. The Morgan fingerprint density at radius 2 is 1.15 bits per heavy atom. The summed E-state index contributed by atoms with van der Waals surface area (Å²) in [5, 5.41) is 6.40. The van der Waals surface area contributed by atoms with E-state index in [-0.39, 0.29) is 27.1 Å². The summed E-state index contributed by atoms with van der Waals surface area (Å²) in [5.41, 5.74) is 27.0. The van der Waals surface area contributed by atoms with Gasteiger partial charge in [0.25, 0.3) is 0 Å². The third kappa shape index (κ3) is 6.63. The van der Waals surface area contributed by atoms with Gasteiger partial charge in [-0.2, -0.15) is 0 Å². The van der Waals surface area contributed by atoms with Crippen molar-refractivity contribution in [3.63, 3.8) is 0 Å². The largest absolute Gasteiger partial charge is 0.454 e. The number of benzene rings is 8. The van der Waals surface area contributed by atoms with Crippen LogP contribution in [-0.4, -0.2) is 7.28 Å². The van der Waals surface area contributed by atoms with Gasteiger partial charge in [-0.15, -0.1) is 0 Å². The molecule has 0 atom stereocenters. The molecule has 357 valence electrons. The van der Waals surface area contributed by atoms with Gasteiger partial charge in [-0.25, -0.2) is 0 Å². The average Bonchev–Trinajstić information content (AvgIpc) is 3.85. The molecule has 72 heavy (non-hydrogen) atoms. The zero-order chi connectivity index (χ0) is 49.9. The Hall–Kier alpha value is -6.78. The van der Waals surface area contributed by atoms with Gasteiger partial charge in [0.05, 0.1) is 5.69 Å². The molecule has 8 aromatic carbocycles. The lowest BCUT2D eigenvalue weighted by Crippen LogP contribution is -2.42. The minimum absolute atomic E-state index is 0.0106. The standard InChI is InChI=1S/C68H66BN2O/c1-40-35-51-53(67(8,9)34-33-65(51,4)5)39-56(40)71-57-36-42(41-19-13-12-14-20-41)25-29-54(57)69-61-48(38-47-45-22-16-18-24-58(45)72-63(47)62(61)71)59-55(30-27-46-44-21-15-17-23-49(44)68(10,11)60(46)59)70-43-26-28-50-52(37-43)66(6,7)32-31-64(50,2)3/h12-30,35-39,70H,31-34H2,1-11H3. The molecule has 9 aromatic rings. The van der Waals surface area contributed by atoms with E-state index in [1.165, 1.54) is 96.3 Å². The summed E-state index contributed by atoms with van der Waals surface area (Å²) < 4.78 is 7.27. The summed E-state index contributed by atoms with van der Waals surface area (Å²) in [6, 6.07) is 55.2. The van der Waals surface area contributed by atoms with Crippen molar-refractivity contribution in [1.82, 2.24) is 0 Å². The van der Waals surface area contributed by atoms with Crippen LogP contribution in [0.1, 0.15) is 134 Å². The van der Waals surface area contributed by atoms with E-state index in [0.717, 1.165) is 63.0 Å². The number of para-hydroxylation sites is 1. The number of rotatable bonds is 5. The Kier molecular flexibility index (Phi) is 9.63. The zero-order valence-electron chi connectivity index (χ0n) is 44.1. The number of anilines is 5. The molecule has 1 radical (unpaired) electrons. The molecule has 0 spiro atoms. The van der Waals surface area contributed by atoms with Crippen molar-refractivity contribution < 1.29 is 4.42 Å². The summed E-state index contributed by atoms with van der Waals surface area (Å²) in [7, 11) is 2.47. The fraction of sp³-hybridized carbons (Fsp3) is 0.294. The third-order valence-electron chi connectivity index (χ3n) is 18.1. The van der Waals surface area contributed by atoms with Crippen LogP contribution in [0.15, 0.2) is 150 Å². The van der Waals surface area contributed by atoms with Gasteiger partial charge in [-0.3, -0.25) is 0 Å². The summed E-state index contributed by atoms with van der Waals surface area (Å²) in [6.45, 7) is 26.7. The Morgan fingerprint density at radius 1 is 0.500 bits per heavy atom. The second-order valence-electron chi connectivity index (χ2n) is 25.0. The lowest BCUT2D eigenvalue weighted by molar-refractivity contribution is 0.332. The summed E-state index contributed by atoms with van der Waals surface area (Å²) >= 11 is 0. The highest BCUT2D eigenvalue weighted by molar-refractivity contribution is 6.74. The molecule has 0 saturated carbocycles. The van der Waals surface area contributed by atoms with Crippen LogP contribution in [0, 0.1) is 6.92 Å². The number of furan rings is 1. The molecule has 4 heteroatoms. The van der Waals surface area contributed by atoms with Crippen LogP contribution < -0.4 is 21.1 Å². The van der Waals surface area contributed by atoms with Gasteiger partial charge < -0.3 is 14.6 Å². The first-order chi connectivity index (χ1) is 34.3. The van der Waals surface area contributed by atoms with E-state index in [2.05, 4.69) is 239 Å². The molecule has 3 aliphatic carbocycles. The molecule has 0 bridgehead atoms. The summed E-state index contributed by atoms with van der Waals surface area (Å²) in [5.74, 6) is 0. The highest BCUT2D eigenvalue weighted by Gasteiger charge is 2.43. The predicted molar refractivity (Wildman–Crippen MR) is 307 cm³/mol. The number of nitrogens with zero attached hydrogens (tertiary/aromatic N) is 1. The first-order valence-corrected chi connectivity index (χ1v) is 26.5. The van der Waals surface area contributed by atoms with Crippen LogP contribution in [0.25, 0.3) is 55.3 Å². The topological polar surface area (TPSA) is 28.4 Å². The van der Waals surface area contributed by atoms with E-state index in [4.69, 9.17) is 4.42 Å². The van der Waals surface area contributed by atoms with E-state index < -0.39 is 0 Å². The van der Waals surface area contributed by atoms with Crippen LogP contribution in [0.4, 0.5) is 28.4 Å². The first kappa shape index (κ1) is 45.1. The first-order valence-electron chi connectivity index (χ1n) is 26.5. The second-order valence-corrected chi connectivity index (χ2v) is 25.0. The fourth-order valence-corrected chi connectivity index (χ4v) is 13.7. The molecular formula is C68H66BN2O. The maximum atomic E-state index is 7.27. The van der Waals surface area contributed by atoms with Gasteiger partial charge in [0, 0.05) is 44.5 Å². The van der Waals surface area contributed by atoms with Gasteiger partial charge >= 0.3 is 0 Å². The number of hydrogen-bond acceptors (Lipinski definition) is 3. The summed E-state index contributed by atoms with van der Waals surface area (Å²) in [4.78, 5) is 2.60. The number of nitrogens with one attached hydrogen (secondary N) is 1. The number of aryl methyl sites for hydroxylation is 1.